The molecule has 0 aromatic carbocycles. The van der Waals surface area contributed by atoms with E-state index in [1.165, 1.54) is 6.92 Å². The lowest BCUT2D eigenvalue weighted by Gasteiger charge is -2.38. The fourth-order valence-corrected chi connectivity index (χ4v) is 3.07. The van der Waals surface area contributed by atoms with Crippen molar-refractivity contribution in [2.45, 2.75) is 38.6 Å². The number of aryl methyl sites for hydroxylation is 1. The number of ketones is 1. The van der Waals surface area contributed by atoms with Crippen LogP contribution in [0.2, 0.25) is 0 Å². The quantitative estimate of drug-likeness (QED) is 0.854. The lowest BCUT2D eigenvalue weighted by atomic mass is 9.98. The van der Waals surface area contributed by atoms with E-state index in [-0.39, 0.29) is 17.9 Å². The summed E-state index contributed by atoms with van der Waals surface area (Å²) < 4.78 is 6.93. The number of hydrogen-bond donors (Lipinski definition) is 1. The van der Waals surface area contributed by atoms with E-state index in [2.05, 4.69) is 20.8 Å². The summed E-state index contributed by atoms with van der Waals surface area (Å²) in [5, 5.41) is 14.6. The van der Waals surface area contributed by atoms with Crippen LogP contribution in [0.5, 0.6) is 0 Å². The monoisotopic (exact) mass is 330 g/mol. The molecule has 2 aliphatic rings. The first kappa shape index (κ1) is 14.9. The number of aromatic nitrogens is 4. The van der Waals surface area contributed by atoms with Gasteiger partial charge in [-0.05, 0) is 19.3 Å². The number of amides is 2. The van der Waals surface area contributed by atoms with Crippen molar-refractivity contribution in [3.63, 3.8) is 0 Å². The largest absolute Gasteiger partial charge is 0.359 e. The van der Waals surface area contributed by atoms with Crippen LogP contribution in [-0.4, -0.2) is 50.0 Å². The van der Waals surface area contributed by atoms with E-state index >= 15 is 0 Å². The lowest BCUT2D eigenvalue weighted by Crippen LogP contribution is -2.52. The van der Waals surface area contributed by atoms with Crippen molar-refractivity contribution < 1.29 is 14.1 Å². The first-order valence-corrected chi connectivity index (χ1v) is 8.08. The van der Waals surface area contributed by atoms with Gasteiger partial charge in [0.15, 0.2) is 11.6 Å². The Labute approximate surface area is 138 Å². The fourth-order valence-electron chi connectivity index (χ4n) is 3.07. The highest BCUT2D eigenvalue weighted by molar-refractivity contribution is 5.91. The van der Waals surface area contributed by atoms with Gasteiger partial charge in [0, 0.05) is 32.0 Å². The maximum Gasteiger partial charge on any atom is 0.323 e. The third kappa shape index (κ3) is 2.55. The lowest BCUT2D eigenvalue weighted by molar-refractivity contribution is 0.101. The van der Waals surface area contributed by atoms with Gasteiger partial charge in [0.1, 0.15) is 11.5 Å². The third-order valence-electron chi connectivity index (χ3n) is 4.57. The number of Topliss-reactive ketones (excluding diaryl/α,β-unsaturated/α-hetero) is 1. The van der Waals surface area contributed by atoms with E-state index < -0.39 is 0 Å². The van der Waals surface area contributed by atoms with Gasteiger partial charge in [-0.2, -0.15) is 0 Å². The molecular weight excluding hydrogens is 312 g/mol. The van der Waals surface area contributed by atoms with E-state index in [9.17, 15) is 9.59 Å². The van der Waals surface area contributed by atoms with Crippen LogP contribution in [-0.2, 0) is 12.8 Å². The molecule has 3 heterocycles. The molecule has 9 heteroatoms. The van der Waals surface area contributed by atoms with E-state index in [1.807, 2.05) is 0 Å². The Morgan fingerprint density at radius 1 is 1.29 bits per heavy atom. The highest BCUT2D eigenvalue weighted by Crippen LogP contribution is 2.28. The number of carbonyl (C=O) groups excluding carboxylic acids is 2. The zero-order valence-corrected chi connectivity index (χ0v) is 13.4. The number of hydrogen-bond acceptors (Lipinski definition) is 6. The molecule has 2 amide bonds. The van der Waals surface area contributed by atoms with Gasteiger partial charge in [-0.1, -0.05) is 10.4 Å². The van der Waals surface area contributed by atoms with Crippen molar-refractivity contribution in [1.82, 2.24) is 25.1 Å². The molecule has 0 spiro atoms. The minimum atomic E-state index is -0.195. The Morgan fingerprint density at radius 3 is 2.83 bits per heavy atom. The highest BCUT2D eigenvalue weighted by atomic mass is 16.5. The summed E-state index contributed by atoms with van der Waals surface area (Å²) in [5.41, 5.74) is 1.36. The predicted octanol–water partition coefficient (Wildman–Crippen LogP) is 1.44. The average Bonchev–Trinajstić information content (AvgIpc) is 3.14. The number of anilines is 1. The molecule has 1 saturated heterocycles. The van der Waals surface area contributed by atoms with Crippen molar-refractivity contribution in [2.24, 2.45) is 0 Å². The second-order valence-electron chi connectivity index (χ2n) is 6.27. The zero-order valence-electron chi connectivity index (χ0n) is 13.4. The molecule has 4 rings (SSSR count). The van der Waals surface area contributed by atoms with Crippen LogP contribution in [0.15, 0.2) is 10.7 Å². The second-order valence-corrected chi connectivity index (χ2v) is 6.27. The van der Waals surface area contributed by atoms with Crippen LogP contribution in [0.4, 0.5) is 10.6 Å². The minimum absolute atomic E-state index is 0.0440. The Balaban J connectivity index is 1.35. The molecule has 9 nitrogen and oxygen atoms in total. The van der Waals surface area contributed by atoms with Gasteiger partial charge in [0.05, 0.1) is 12.2 Å². The van der Waals surface area contributed by atoms with Crippen LogP contribution in [0.25, 0.3) is 0 Å². The molecule has 0 unspecified atom stereocenters. The fraction of sp³-hybridized carbons (Fsp3) is 0.533. The van der Waals surface area contributed by atoms with E-state index in [1.54, 1.807) is 15.8 Å². The molecule has 0 bridgehead atoms. The van der Waals surface area contributed by atoms with Gasteiger partial charge in [-0.3, -0.25) is 10.1 Å². The molecular formula is C15H18N6O3. The summed E-state index contributed by atoms with van der Waals surface area (Å²) in [6, 6.07) is -0.151. The second kappa shape index (κ2) is 5.73. The van der Waals surface area contributed by atoms with Crippen molar-refractivity contribution >= 4 is 17.6 Å². The SMILES string of the molecule is CC(=O)c1cn(C2CN(C(=O)Nc3noc4c3CCCC4)C2)nn1. The molecule has 126 valence electrons. The molecule has 1 fully saturated rings. The summed E-state index contributed by atoms with van der Waals surface area (Å²) in [6.45, 7) is 2.49. The number of urea groups is 1. The topological polar surface area (TPSA) is 106 Å². The van der Waals surface area contributed by atoms with Gasteiger partial charge in [0.2, 0.25) is 0 Å². The van der Waals surface area contributed by atoms with Crippen molar-refractivity contribution in [1.29, 1.82) is 0 Å². The van der Waals surface area contributed by atoms with Gasteiger partial charge in [-0.15, -0.1) is 5.10 Å². The Hall–Kier alpha value is -2.71. The van der Waals surface area contributed by atoms with E-state index in [0.29, 0.717) is 24.6 Å². The number of nitrogens with one attached hydrogen (secondary N) is 1. The molecule has 1 aliphatic carbocycles. The summed E-state index contributed by atoms with van der Waals surface area (Å²) >= 11 is 0. The highest BCUT2D eigenvalue weighted by Gasteiger charge is 2.34. The first-order valence-electron chi connectivity index (χ1n) is 8.08. The third-order valence-corrected chi connectivity index (χ3v) is 4.57. The molecule has 1 N–H and O–H groups in total. The van der Waals surface area contributed by atoms with Crippen LogP contribution in [0.3, 0.4) is 0 Å². The number of fused-ring (bicyclic) bond motifs is 1. The van der Waals surface area contributed by atoms with Crippen molar-refractivity contribution in [2.75, 3.05) is 18.4 Å². The van der Waals surface area contributed by atoms with Crippen LogP contribution in [0, 0.1) is 0 Å². The molecule has 1 aliphatic heterocycles. The molecule has 24 heavy (non-hydrogen) atoms. The normalized spacial score (nSPS) is 17.3. The molecule has 2 aromatic rings. The standard InChI is InChI=1S/C15H18N6O3/c1-9(22)12-8-21(19-17-12)10-6-20(7-10)15(23)16-14-11-4-2-3-5-13(11)24-18-14/h8,10H,2-7H2,1H3,(H,16,18,23). The summed E-state index contributed by atoms with van der Waals surface area (Å²) in [5.74, 6) is 1.31. The predicted molar refractivity (Wildman–Crippen MR) is 82.8 cm³/mol. The van der Waals surface area contributed by atoms with Gasteiger partial charge in [-0.25, -0.2) is 9.48 Å². The number of likely N-dealkylation sites (tertiary alicyclic amines) is 1. The molecule has 0 radical (unpaired) electrons. The minimum Gasteiger partial charge on any atom is -0.359 e. The van der Waals surface area contributed by atoms with Gasteiger partial charge < -0.3 is 9.42 Å². The Kier molecular flexibility index (Phi) is 3.55. The van der Waals surface area contributed by atoms with Gasteiger partial charge in [0.25, 0.3) is 0 Å². The zero-order chi connectivity index (χ0) is 16.7. The van der Waals surface area contributed by atoms with Crippen molar-refractivity contribution in [3.05, 3.63) is 23.2 Å². The van der Waals surface area contributed by atoms with Crippen LogP contribution < -0.4 is 5.32 Å². The first-order chi connectivity index (χ1) is 11.6. The maximum atomic E-state index is 12.3. The summed E-state index contributed by atoms with van der Waals surface area (Å²) in [4.78, 5) is 25.2. The number of carbonyl (C=O) groups is 2. The van der Waals surface area contributed by atoms with Crippen LogP contribution >= 0.6 is 0 Å². The van der Waals surface area contributed by atoms with E-state index in [0.717, 1.165) is 37.0 Å². The smallest absolute Gasteiger partial charge is 0.323 e. The number of rotatable bonds is 3. The van der Waals surface area contributed by atoms with Crippen LogP contribution in [0.1, 0.15) is 47.6 Å². The summed E-state index contributed by atoms with van der Waals surface area (Å²) in [6.07, 6.45) is 5.59. The van der Waals surface area contributed by atoms with Crippen molar-refractivity contribution in [3.8, 4) is 0 Å². The summed E-state index contributed by atoms with van der Waals surface area (Å²) in [7, 11) is 0. The molecule has 0 saturated carbocycles. The maximum absolute atomic E-state index is 12.3. The Bertz CT molecular complexity index is 789. The Morgan fingerprint density at radius 2 is 2.08 bits per heavy atom. The van der Waals surface area contributed by atoms with E-state index in [4.69, 9.17) is 4.52 Å². The number of nitrogens with zero attached hydrogens (tertiary/aromatic N) is 5. The molecule has 2 aromatic heterocycles. The average molecular weight is 330 g/mol. The van der Waals surface area contributed by atoms with Gasteiger partial charge >= 0.3 is 6.03 Å². The molecule has 0 atom stereocenters.